The highest BCUT2D eigenvalue weighted by atomic mass is 32.1. The van der Waals surface area contributed by atoms with E-state index in [1.807, 2.05) is 11.3 Å². The Balaban J connectivity index is 1.50. The molecule has 2 aliphatic rings. The molecule has 19 heavy (non-hydrogen) atoms. The van der Waals surface area contributed by atoms with Crippen LogP contribution in [0.2, 0.25) is 0 Å². The molecule has 2 fully saturated rings. The molecule has 1 saturated carbocycles. The fourth-order valence-corrected chi connectivity index (χ4v) is 4.60. The van der Waals surface area contributed by atoms with Crippen LogP contribution >= 0.6 is 11.3 Å². The summed E-state index contributed by atoms with van der Waals surface area (Å²) in [5.41, 5.74) is 0. The van der Waals surface area contributed by atoms with E-state index >= 15 is 0 Å². The molecule has 0 aromatic carbocycles. The molecule has 0 radical (unpaired) electrons. The fraction of sp³-hybridized carbons (Fsp3) is 0.750. The minimum atomic E-state index is 0.573. The van der Waals surface area contributed by atoms with Gasteiger partial charge in [0, 0.05) is 42.0 Å². The monoisotopic (exact) mass is 278 g/mol. The van der Waals surface area contributed by atoms with Gasteiger partial charge in [-0.3, -0.25) is 4.90 Å². The van der Waals surface area contributed by atoms with Gasteiger partial charge in [-0.25, -0.2) is 0 Å². The summed E-state index contributed by atoms with van der Waals surface area (Å²) < 4.78 is 0. The summed E-state index contributed by atoms with van der Waals surface area (Å²) in [7, 11) is 0. The van der Waals surface area contributed by atoms with Crippen molar-refractivity contribution in [1.29, 1.82) is 0 Å². The zero-order valence-electron chi connectivity index (χ0n) is 12.2. The number of likely N-dealkylation sites (tertiary alicyclic amines) is 1. The first-order valence-electron chi connectivity index (χ1n) is 7.74. The Morgan fingerprint density at radius 3 is 2.58 bits per heavy atom. The van der Waals surface area contributed by atoms with Crippen LogP contribution in [0, 0.1) is 11.8 Å². The van der Waals surface area contributed by atoms with Crippen molar-refractivity contribution in [3.63, 3.8) is 0 Å². The lowest BCUT2D eigenvalue weighted by Gasteiger charge is -2.15. The van der Waals surface area contributed by atoms with Gasteiger partial charge in [-0.1, -0.05) is 20.3 Å². The second-order valence-electron chi connectivity index (χ2n) is 6.55. The summed E-state index contributed by atoms with van der Waals surface area (Å²) in [6.07, 6.45) is 4.44. The molecule has 1 saturated heterocycles. The number of nitrogens with one attached hydrogen (secondary N) is 1. The quantitative estimate of drug-likeness (QED) is 0.887. The van der Waals surface area contributed by atoms with Crippen LogP contribution in [0.25, 0.3) is 0 Å². The molecular formula is C16H26N2S. The molecule has 0 bridgehead atoms. The van der Waals surface area contributed by atoms with E-state index in [0.717, 1.165) is 18.4 Å². The zero-order valence-corrected chi connectivity index (χ0v) is 13.0. The van der Waals surface area contributed by atoms with Crippen molar-refractivity contribution in [2.24, 2.45) is 11.8 Å². The largest absolute Gasteiger partial charge is 0.310 e. The van der Waals surface area contributed by atoms with Crippen LogP contribution in [-0.4, -0.2) is 24.0 Å². The average Bonchev–Trinajstić information content (AvgIpc) is 3.02. The second kappa shape index (κ2) is 5.94. The Bertz CT molecular complexity index is 401. The Hall–Kier alpha value is -0.380. The van der Waals surface area contributed by atoms with Crippen LogP contribution < -0.4 is 5.32 Å². The van der Waals surface area contributed by atoms with Gasteiger partial charge in [0.05, 0.1) is 0 Å². The molecule has 2 heterocycles. The Labute approximate surface area is 121 Å². The summed E-state index contributed by atoms with van der Waals surface area (Å²) in [5, 5.41) is 3.50. The molecule has 2 atom stereocenters. The van der Waals surface area contributed by atoms with Crippen molar-refractivity contribution in [2.45, 2.75) is 52.2 Å². The van der Waals surface area contributed by atoms with Crippen LogP contribution in [0.15, 0.2) is 12.1 Å². The van der Waals surface area contributed by atoms with Gasteiger partial charge in [-0.2, -0.15) is 0 Å². The topological polar surface area (TPSA) is 15.3 Å². The first-order chi connectivity index (χ1) is 9.20. The summed E-state index contributed by atoms with van der Waals surface area (Å²) >= 11 is 1.99. The van der Waals surface area contributed by atoms with Crippen molar-refractivity contribution in [3.05, 3.63) is 21.9 Å². The van der Waals surface area contributed by atoms with Crippen molar-refractivity contribution in [3.8, 4) is 0 Å². The maximum Gasteiger partial charge on any atom is 0.0328 e. The fourth-order valence-electron chi connectivity index (χ4n) is 3.59. The maximum absolute atomic E-state index is 3.50. The molecule has 1 aromatic rings. The molecule has 0 spiro atoms. The van der Waals surface area contributed by atoms with E-state index in [1.54, 1.807) is 4.88 Å². The highest BCUT2D eigenvalue weighted by Gasteiger charge is 2.35. The number of thiophene rings is 1. The van der Waals surface area contributed by atoms with Crippen molar-refractivity contribution in [1.82, 2.24) is 10.2 Å². The molecule has 2 unspecified atom stereocenters. The van der Waals surface area contributed by atoms with Gasteiger partial charge in [0.25, 0.3) is 0 Å². The standard InChI is InChI=1S/C16H26N2S/c1-12(2)17-8-15-6-7-16(19-15)11-18-9-13-4-3-5-14(13)10-18/h6-7,12-14,17H,3-5,8-11H2,1-2H3. The van der Waals surface area contributed by atoms with Gasteiger partial charge in [0.1, 0.15) is 0 Å². The van der Waals surface area contributed by atoms with E-state index in [0.29, 0.717) is 6.04 Å². The van der Waals surface area contributed by atoms with E-state index in [9.17, 15) is 0 Å². The first-order valence-corrected chi connectivity index (χ1v) is 8.55. The van der Waals surface area contributed by atoms with Gasteiger partial charge < -0.3 is 5.32 Å². The predicted molar refractivity (Wildman–Crippen MR) is 82.4 cm³/mol. The molecule has 3 rings (SSSR count). The molecule has 106 valence electrons. The number of hydrogen-bond acceptors (Lipinski definition) is 3. The van der Waals surface area contributed by atoms with E-state index in [1.165, 1.54) is 43.8 Å². The lowest BCUT2D eigenvalue weighted by atomic mass is 10.0. The molecule has 1 N–H and O–H groups in total. The normalized spacial score (nSPS) is 27.3. The maximum atomic E-state index is 3.50. The molecule has 0 amide bonds. The van der Waals surface area contributed by atoms with Crippen molar-refractivity contribution >= 4 is 11.3 Å². The van der Waals surface area contributed by atoms with Crippen LogP contribution in [0.1, 0.15) is 42.9 Å². The average molecular weight is 278 g/mol. The van der Waals surface area contributed by atoms with Crippen molar-refractivity contribution in [2.75, 3.05) is 13.1 Å². The molecule has 2 nitrogen and oxygen atoms in total. The van der Waals surface area contributed by atoms with Gasteiger partial charge in [0.15, 0.2) is 0 Å². The minimum Gasteiger partial charge on any atom is -0.310 e. The summed E-state index contributed by atoms with van der Waals surface area (Å²) in [6.45, 7) is 9.31. The molecule has 3 heteroatoms. The van der Waals surface area contributed by atoms with Gasteiger partial charge >= 0.3 is 0 Å². The molecule has 1 aliphatic heterocycles. The predicted octanol–water partition coefficient (Wildman–Crippen LogP) is 3.48. The van der Waals surface area contributed by atoms with Crippen LogP contribution in [0.5, 0.6) is 0 Å². The van der Waals surface area contributed by atoms with Gasteiger partial charge in [-0.05, 0) is 36.8 Å². The van der Waals surface area contributed by atoms with E-state index in [2.05, 4.69) is 36.2 Å². The molecule has 1 aliphatic carbocycles. The first kappa shape index (κ1) is 13.6. The van der Waals surface area contributed by atoms with Gasteiger partial charge in [0.2, 0.25) is 0 Å². The second-order valence-corrected chi connectivity index (χ2v) is 7.80. The summed E-state index contributed by atoms with van der Waals surface area (Å²) in [4.78, 5) is 5.70. The Morgan fingerprint density at radius 2 is 1.89 bits per heavy atom. The van der Waals surface area contributed by atoms with E-state index < -0.39 is 0 Å². The number of fused-ring (bicyclic) bond motifs is 1. The minimum absolute atomic E-state index is 0.573. The third-order valence-corrected chi connectivity index (χ3v) is 5.65. The SMILES string of the molecule is CC(C)NCc1ccc(CN2CC3CCCC3C2)s1. The van der Waals surface area contributed by atoms with Gasteiger partial charge in [-0.15, -0.1) is 11.3 Å². The smallest absolute Gasteiger partial charge is 0.0328 e. The van der Waals surface area contributed by atoms with E-state index in [-0.39, 0.29) is 0 Å². The zero-order chi connectivity index (χ0) is 13.2. The summed E-state index contributed by atoms with van der Waals surface area (Å²) in [6, 6.07) is 5.20. The van der Waals surface area contributed by atoms with Crippen LogP contribution in [0.4, 0.5) is 0 Å². The van der Waals surface area contributed by atoms with E-state index in [4.69, 9.17) is 0 Å². The highest BCUT2D eigenvalue weighted by Crippen LogP contribution is 2.38. The Morgan fingerprint density at radius 1 is 1.21 bits per heavy atom. The summed E-state index contributed by atoms with van der Waals surface area (Å²) in [5.74, 6) is 2.03. The third kappa shape index (κ3) is 3.39. The lowest BCUT2D eigenvalue weighted by Crippen LogP contribution is -2.21. The number of hydrogen-bond donors (Lipinski definition) is 1. The molecule has 1 aromatic heterocycles. The Kier molecular flexibility index (Phi) is 4.25. The number of rotatable bonds is 5. The van der Waals surface area contributed by atoms with Crippen molar-refractivity contribution < 1.29 is 0 Å². The highest BCUT2D eigenvalue weighted by molar-refractivity contribution is 7.11. The lowest BCUT2D eigenvalue weighted by molar-refractivity contribution is 0.306. The van der Waals surface area contributed by atoms with Crippen LogP contribution in [0.3, 0.4) is 0 Å². The van der Waals surface area contributed by atoms with Crippen LogP contribution in [-0.2, 0) is 13.1 Å². The number of nitrogens with zero attached hydrogens (tertiary/aromatic N) is 1. The molecular weight excluding hydrogens is 252 g/mol. The third-order valence-electron chi connectivity index (χ3n) is 4.58.